The van der Waals surface area contributed by atoms with Crippen molar-refractivity contribution in [1.29, 1.82) is 0 Å². The van der Waals surface area contributed by atoms with Crippen LogP contribution >= 0.6 is 0 Å². The van der Waals surface area contributed by atoms with Gasteiger partial charge in [-0.05, 0) is 6.42 Å². The number of nitrogens with two attached hydrogens (primary N) is 1. The van der Waals surface area contributed by atoms with Gasteiger partial charge in [0.05, 0.1) is 0 Å². The average molecular weight is 165 g/mol. The maximum absolute atomic E-state index is 5.90. The number of rotatable bonds is 4. The maximum atomic E-state index is 5.90. The minimum atomic E-state index is 0.103. The van der Waals surface area contributed by atoms with E-state index in [1.807, 2.05) is 0 Å². The highest BCUT2D eigenvalue weighted by atomic mass is 14.8. The van der Waals surface area contributed by atoms with Gasteiger partial charge in [-0.25, -0.2) is 9.97 Å². The second-order valence-corrected chi connectivity index (χ2v) is 2.92. The lowest BCUT2D eigenvalue weighted by Crippen LogP contribution is -2.10. The van der Waals surface area contributed by atoms with E-state index in [0.29, 0.717) is 0 Å². The molecule has 0 unspecified atom stereocenters. The first-order valence-corrected chi connectivity index (χ1v) is 4.35. The summed E-state index contributed by atoms with van der Waals surface area (Å²) in [4.78, 5) is 7.85. The van der Waals surface area contributed by atoms with Crippen molar-refractivity contribution < 1.29 is 0 Å². The number of unbranched alkanes of at least 4 members (excludes halogenated alkanes) is 1. The first-order valence-electron chi connectivity index (χ1n) is 4.35. The highest BCUT2D eigenvalue weighted by Gasteiger charge is 2.04. The molecule has 0 aromatic carbocycles. The molecule has 1 rings (SSSR count). The fourth-order valence-corrected chi connectivity index (χ4v) is 1.09. The molecule has 1 heterocycles. The van der Waals surface area contributed by atoms with Gasteiger partial charge in [-0.3, -0.25) is 0 Å². The van der Waals surface area contributed by atoms with Gasteiger partial charge in [0.1, 0.15) is 6.33 Å². The lowest BCUT2D eigenvalue weighted by atomic mass is 10.1. The summed E-state index contributed by atoms with van der Waals surface area (Å²) in [5, 5.41) is 0. The van der Waals surface area contributed by atoms with E-state index in [1.165, 1.54) is 12.7 Å². The zero-order valence-corrected chi connectivity index (χ0v) is 7.40. The summed E-state index contributed by atoms with van der Waals surface area (Å²) >= 11 is 0. The van der Waals surface area contributed by atoms with E-state index in [9.17, 15) is 0 Å². The van der Waals surface area contributed by atoms with E-state index in [4.69, 9.17) is 5.73 Å². The van der Waals surface area contributed by atoms with Gasteiger partial charge in [0.25, 0.3) is 0 Å². The summed E-state index contributed by atoms with van der Waals surface area (Å²) in [6.07, 6.45) is 8.46. The molecule has 0 bridgehead atoms. The Hall–Kier alpha value is -0.960. The molecule has 1 aromatic rings. The first kappa shape index (κ1) is 9.13. The second-order valence-electron chi connectivity index (χ2n) is 2.92. The van der Waals surface area contributed by atoms with Crippen LogP contribution in [0.3, 0.4) is 0 Å². The Morgan fingerprint density at radius 3 is 2.67 bits per heavy atom. The van der Waals surface area contributed by atoms with Gasteiger partial charge in [0, 0.05) is 24.0 Å². The Kier molecular flexibility index (Phi) is 3.67. The highest BCUT2D eigenvalue weighted by Crippen LogP contribution is 2.13. The Morgan fingerprint density at radius 1 is 1.42 bits per heavy atom. The summed E-state index contributed by atoms with van der Waals surface area (Å²) in [5.41, 5.74) is 6.93. The van der Waals surface area contributed by atoms with Crippen LogP contribution in [0.5, 0.6) is 0 Å². The Balaban J connectivity index is 2.48. The van der Waals surface area contributed by atoms with Crippen LogP contribution in [-0.4, -0.2) is 9.97 Å². The quantitative estimate of drug-likeness (QED) is 0.738. The van der Waals surface area contributed by atoms with Crippen molar-refractivity contribution in [2.45, 2.75) is 32.2 Å². The maximum Gasteiger partial charge on any atom is 0.115 e. The minimum absolute atomic E-state index is 0.103. The molecule has 1 aromatic heterocycles. The van der Waals surface area contributed by atoms with Crippen LogP contribution in [0.15, 0.2) is 18.7 Å². The SMILES string of the molecule is CCCC[C@@H](N)c1cncnc1. The summed E-state index contributed by atoms with van der Waals surface area (Å²) in [6, 6.07) is 0.103. The van der Waals surface area contributed by atoms with Gasteiger partial charge < -0.3 is 5.73 Å². The van der Waals surface area contributed by atoms with Crippen LogP contribution in [0.25, 0.3) is 0 Å². The molecule has 66 valence electrons. The van der Waals surface area contributed by atoms with Crippen molar-refractivity contribution in [1.82, 2.24) is 9.97 Å². The normalized spacial score (nSPS) is 12.8. The van der Waals surface area contributed by atoms with Gasteiger partial charge in [0.2, 0.25) is 0 Å². The summed E-state index contributed by atoms with van der Waals surface area (Å²) in [5.74, 6) is 0. The van der Waals surface area contributed by atoms with Gasteiger partial charge in [-0.2, -0.15) is 0 Å². The van der Waals surface area contributed by atoms with E-state index in [1.54, 1.807) is 12.4 Å². The minimum Gasteiger partial charge on any atom is -0.324 e. The van der Waals surface area contributed by atoms with Crippen LogP contribution < -0.4 is 5.73 Å². The third-order valence-electron chi connectivity index (χ3n) is 1.88. The summed E-state index contributed by atoms with van der Waals surface area (Å²) in [7, 11) is 0. The molecular formula is C9H15N3. The van der Waals surface area contributed by atoms with E-state index in [-0.39, 0.29) is 6.04 Å². The van der Waals surface area contributed by atoms with E-state index in [2.05, 4.69) is 16.9 Å². The second kappa shape index (κ2) is 4.83. The van der Waals surface area contributed by atoms with Crippen LogP contribution in [-0.2, 0) is 0 Å². The highest BCUT2D eigenvalue weighted by molar-refractivity contribution is 5.07. The molecule has 0 aliphatic carbocycles. The van der Waals surface area contributed by atoms with Crippen molar-refractivity contribution in [2.75, 3.05) is 0 Å². The van der Waals surface area contributed by atoms with Crippen LogP contribution in [0.1, 0.15) is 37.8 Å². The number of aromatic nitrogens is 2. The van der Waals surface area contributed by atoms with Crippen molar-refractivity contribution in [3.05, 3.63) is 24.3 Å². The lowest BCUT2D eigenvalue weighted by Gasteiger charge is -2.09. The largest absolute Gasteiger partial charge is 0.324 e. The molecule has 0 saturated carbocycles. The molecule has 0 saturated heterocycles. The summed E-state index contributed by atoms with van der Waals surface area (Å²) in [6.45, 7) is 2.16. The number of hydrogen-bond acceptors (Lipinski definition) is 3. The molecule has 0 aliphatic heterocycles. The van der Waals surface area contributed by atoms with Crippen molar-refractivity contribution >= 4 is 0 Å². The topological polar surface area (TPSA) is 51.8 Å². The predicted molar refractivity (Wildman–Crippen MR) is 48.5 cm³/mol. The molecule has 0 aliphatic rings. The fourth-order valence-electron chi connectivity index (χ4n) is 1.09. The molecule has 3 heteroatoms. The molecule has 0 radical (unpaired) electrons. The standard InChI is InChI=1S/C9H15N3/c1-2-3-4-9(10)8-5-11-7-12-6-8/h5-7,9H,2-4,10H2,1H3/t9-/m1/s1. The Bertz CT molecular complexity index is 210. The molecule has 3 nitrogen and oxygen atoms in total. The van der Waals surface area contributed by atoms with Gasteiger partial charge in [-0.1, -0.05) is 19.8 Å². The number of hydrogen-bond donors (Lipinski definition) is 1. The van der Waals surface area contributed by atoms with E-state index >= 15 is 0 Å². The zero-order valence-electron chi connectivity index (χ0n) is 7.40. The van der Waals surface area contributed by atoms with Crippen LogP contribution in [0, 0.1) is 0 Å². The average Bonchev–Trinajstić information content (AvgIpc) is 2.15. The zero-order chi connectivity index (χ0) is 8.81. The lowest BCUT2D eigenvalue weighted by molar-refractivity contribution is 0.599. The fraction of sp³-hybridized carbons (Fsp3) is 0.556. The van der Waals surface area contributed by atoms with E-state index in [0.717, 1.165) is 18.4 Å². The number of nitrogens with zero attached hydrogens (tertiary/aromatic N) is 2. The Labute approximate surface area is 73.0 Å². The van der Waals surface area contributed by atoms with Crippen LogP contribution in [0.4, 0.5) is 0 Å². The van der Waals surface area contributed by atoms with Crippen molar-refractivity contribution in [3.63, 3.8) is 0 Å². The molecule has 1 atom stereocenters. The van der Waals surface area contributed by atoms with E-state index < -0.39 is 0 Å². The van der Waals surface area contributed by atoms with Gasteiger partial charge in [0.15, 0.2) is 0 Å². The molecule has 0 spiro atoms. The molecular weight excluding hydrogens is 150 g/mol. The monoisotopic (exact) mass is 165 g/mol. The molecule has 0 fully saturated rings. The predicted octanol–water partition coefficient (Wildman–Crippen LogP) is 1.67. The van der Waals surface area contributed by atoms with Gasteiger partial charge in [-0.15, -0.1) is 0 Å². The smallest absolute Gasteiger partial charge is 0.115 e. The van der Waals surface area contributed by atoms with Gasteiger partial charge >= 0.3 is 0 Å². The third-order valence-corrected chi connectivity index (χ3v) is 1.88. The van der Waals surface area contributed by atoms with Crippen LogP contribution in [0.2, 0.25) is 0 Å². The molecule has 0 amide bonds. The Morgan fingerprint density at radius 2 is 2.08 bits per heavy atom. The van der Waals surface area contributed by atoms with Crippen molar-refractivity contribution in [3.8, 4) is 0 Å². The molecule has 12 heavy (non-hydrogen) atoms. The first-order chi connectivity index (χ1) is 5.84. The van der Waals surface area contributed by atoms with Crippen molar-refractivity contribution in [2.24, 2.45) is 5.73 Å². The molecule has 2 N–H and O–H groups in total. The third kappa shape index (κ3) is 2.58. The summed E-state index contributed by atoms with van der Waals surface area (Å²) < 4.78 is 0.